The molecule has 0 heterocycles. The Hall–Kier alpha value is -2.09. The number of ether oxygens (including phenoxy) is 2. The van der Waals surface area contributed by atoms with Crippen molar-refractivity contribution in [2.45, 2.75) is 11.9 Å². The zero-order chi connectivity index (χ0) is 15.4. The molecule has 0 aromatic heterocycles. The summed E-state index contributed by atoms with van der Waals surface area (Å²) in [6.07, 6.45) is -5.18. The number of halogens is 3. The van der Waals surface area contributed by atoms with Crippen LogP contribution in [0.5, 0.6) is 0 Å². The third kappa shape index (κ3) is 2.90. The van der Waals surface area contributed by atoms with Gasteiger partial charge >= 0.3 is 17.9 Å². The highest BCUT2D eigenvalue weighted by Crippen LogP contribution is 2.32. The fourth-order valence-corrected chi connectivity index (χ4v) is 1.45. The molecule has 0 saturated heterocycles. The van der Waals surface area contributed by atoms with Gasteiger partial charge in [-0.2, -0.15) is 13.2 Å². The third-order valence-electron chi connectivity index (χ3n) is 2.50. The van der Waals surface area contributed by atoms with Crippen molar-refractivity contribution in [1.29, 1.82) is 0 Å². The van der Waals surface area contributed by atoms with Crippen LogP contribution in [-0.2, 0) is 14.3 Å². The van der Waals surface area contributed by atoms with Crippen LogP contribution in [0, 0.1) is 0 Å². The summed E-state index contributed by atoms with van der Waals surface area (Å²) >= 11 is 0. The molecule has 0 aliphatic rings. The first kappa shape index (κ1) is 16.0. The van der Waals surface area contributed by atoms with Gasteiger partial charge in [0, 0.05) is 12.7 Å². The molecule has 0 aliphatic carbocycles. The summed E-state index contributed by atoms with van der Waals surface area (Å²) in [6.45, 7) is 0. The molecule has 20 heavy (non-hydrogen) atoms. The number of nitrogens with one attached hydrogen (secondary N) is 1. The van der Waals surface area contributed by atoms with Crippen LogP contribution in [0.1, 0.15) is 10.4 Å². The number of carbonyl (C=O) groups excluding carboxylic acids is 2. The molecule has 1 unspecified atom stereocenters. The number of benzene rings is 1. The molecule has 0 fully saturated rings. The lowest BCUT2D eigenvalue weighted by atomic mass is 10.1. The number of hydrogen-bond acceptors (Lipinski definition) is 4. The minimum absolute atomic E-state index is 0.0536. The smallest absolute Gasteiger partial charge is 0.448 e. The van der Waals surface area contributed by atoms with Gasteiger partial charge in [0.1, 0.15) is 0 Å². The van der Waals surface area contributed by atoms with Gasteiger partial charge in [0.25, 0.3) is 5.91 Å². The molecule has 0 bridgehead atoms. The van der Waals surface area contributed by atoms with Crippen molar-refractivity contribution in [2.24, 2.45) is 0 Å². The van der Waals surface area contributed by atoms with E-state index >= 15 is 0 Å². The average Bonchev–Trinajstić information content (AvgIpc) is 2.43. The number of methoxy groups -OCH3 is 2. The van der Waals surface area contributed by atoms with Gasteiger partial charge in [0.05, 0.1) is 7.11 Å². The van der Waals surface area contributed by atoms with Crippen molar-refractivity contribution < 1.29 is 32.2 Å². The predicted molar refractivity (Wildman–Crippen MR) is 61.7 cm³/mol. The van der Waals surface area contributed by atoms with Crippen LogP contribution in [-0.4, -0.2) is 38.0 Å². The Morgan fingerprint density at radius 1 is 1.10 bits per heavy atom. The van der Waals surface area contributed by atoms with E-state index < -0.39 is 23.8 Å². The molecular weight excluding hydrogens is 279 g/mol. The van der Waals surface area contributed by atoms with Crippen LogP contribution in [0.25, 0.3) is 0 Å². The molecule has 8 heteroatoms. The van der Waals surface area contributed by atoms with E-state index in [2.05, 4.69) is 9.47 Å². The lowest BCUT2D eigenvalue weighted by molar-refractivity contribution is -0.276. The second-order valence-corrected chi connectivity index (χ2v) is 3.69. The van der Waals surface area contributed by atoms with Gasteiger partial charge in [-0.05, 0) is 12.1 Å². The number of esters is 1. The summed E-state index contributed by atoms with van der Waals surface area (Å²) in [6, 6.07) is 7.11. The minimum Gasteiger partial charge on any atom is -0.465 e. The molecular formula is C12H12F3NO4. The zero-order valence-corrected chi connectivity index (χ0v) is 10.7. The lowest BCUT2D eigenvalue weighted by Crippen LogP contribution is -2.65. The van der Waals surface area contributed by atoms with Crippen molar-refractivity contribution in [2.75, 3.05) is 14.2 Å². The minimum atomic E-state index is -5.18. The van der Waals surface area contributed by atoms with E-state index in [9.17, 15) is 22.8 Å². The van der Waals surface area contributed by atoms with E-state index in [1.807, 2.05) is 0 Å². The molecule has 1 amide bonds. The Morgan fingerprint density at radius 2 is 1.65 bits per heavy atom. The fraction of sp³-hybridized carbons (Fsp3) is 0.333. The van der Waals surface area contributed by atoms with Crippen LogP contribution in [0.2, 0.25) is 0 Å². The van der Waals surface area contributed by atoms with Crippen LogP contribution in [0.4, 0.5) is 13.2 Å². The SMILES string of the molecule is COC(=O)C(NC(=O)c1ccccc1)(OC)C(F)(F)F. The molecule has 1 rings (SSSR count). The van der Waals surface area contributed by atoms with Crippen molar-refractivity contribution >= 4 is 11.9 Å². The first-order valence-corrected chi connectivity index (χ1v) is 5.36. The van der Waals surface area contributed by atoms with Crippen molar-refractivity contribution in [3.8, 4) is 0 Å². The zero-order valence-electron chi connectivity index (χ0n) is 10.7. The fourth-order valence-electron chi connectivity index (χ4n) is 1.45. The second-order valence-electron chi connectivity index (χ2n) is 3.69. The van der Waals surface area contributed by atoms with Crippen molar-refractivity contribution in [3.05, 3.63) is 35.9 Å². The molecule has 5 nitrogen and oxygen atoms in total. The molecule has 110 valence electrons. The summed E-state index contributed by atoms with van der Waals surface area (Å²) in [4.78, 5) is 23.2. The van der Waals surface area contributed by atoms with Crippen LogP contribution in [0.3, 0.4) is 0 Å². The summed E-state index contributed by atoms with van der Waals surface area (Å²) in [7, 11) is 1.41. The highest BCUT2D eigenvalue weighted by Gasteiger charge is 2.64. The second kappa shape index (κ2) is 5.91. The van der Waals surface area contributed by atoms with Gasteiger partial charge in [-0.15, -0.1) is 0 Å². The topological polar surface area (TPSA) is 64.6 Å². The average molecular weight is 291 g/mol. The Balaban J connectivity index is 3.14. The quantitative estimate of drug-likeness (QED) is 0.674. The maximum Gasteiger partial charge on any atom is 0.448 e. The van der Waals surface area contributed by atoms with E-state index in [1.54, 1.807) is 6.07 Å². The Morgan fingerprint density at radius 3 is 2.05 bits per heavy atom. The molecule has 1 N–H and O–H groups in total. The van der Waals surface area contributed by atoms with Gasteiger partial charge in [0.15, 0.2) is 0 Å². The standard InChI is InChI=1S/C12H12F3NO4/c1-19-10(18)11(20-2,12(13,14)15)16-9(17)8-6-4-3-5-7-8/h3-7H,1-2H3,(H,16,17). The van der Waals surface area contributed by atoms with Crippen molar-refractivity contribution in [1.82, 2.24) is 5.32 Å². The monoisotopic (exact) mass is 291 g/mol. The van der Waals surface area contributed by atoms with E-state index in [0.29, 0.717) is 7.11 Å². The van der Waals surface area contributed by atoms with E-state index in [-0.39, 0.29) is 5.56 Å². The van der Waals surface area contributed by atoms with E-state index in [4.69, 9.17) is 0 Å². The number of amides is 1. The molecule has 1 atom stereocenters. The normalized spacial score (nSPS) is 14.2. The first-order chi connectivity index (χ1) is 9.28. The van der Waals surface area contributed by atoms with Crippen molar-refractivity contribution in [3.63, 3.8) is 0 Å². The highest BCUT2D eigenvalue weighted by molar-refractivity contribution is 5.97. The maximum atomic E-state index is 13.0. The Kier molecular flexibility index (Phi) is 4.72. The van der Waals surface area contributed by atoms with Gasteiger partial charge in [-0.1, -0.05) is 18.2 Å². The molecule has 0 aliphatic heterocycles. The number of carbonyl (C=O) groups is 2. The van der Waals surface area contributed by atoms with E-state index in [1.165, 1.54) is 29.6 Å². The van der Waals surface area contributed by atoms with Crippen LogP contribution >= 0.6 is 0 Å². The predicted octanol–water partition coefficient (Wildman–Crippen LogP) is 1.49. The molecule has 1 aromatic rings. The van der Waals surface area contributed by atoms with E-state index in [0.717, 1.165) is 7.11 Å². The van der Waals surface area contributed by atoms with Gasteiger partial charge in [-0.25, -0.2) is 4.79 Å². The number of alkyl halides is 3. The highest BCUT2D eigenvalue weighted by atomic mass is 19.4. The van der Waals surface area contributed by atoms with Gasteiger partial charge in [0.2, 0.25) is 0 Å². The third-order valence-corrected chi connectivity index (χ3v) is 2.50. The summed E-state index contributed by atoms with van der Waals surface area (Å²) < 4.78 is 47.4. The molecule has 1 aromatic carbocycles. The summed E-state index contributed by atoms with van der Waals surface area (Å²) in [5.41, 5.74) is -3.60. The number of hydrogen-bond donors (Lipinski definition) is 1. The van der Waals surface area contributed by atoms with Gasteiger partial charge in [-0.3, -0.25) is 4.79 Å². The van der Waals surface area contributed by atoms with Gasteiger partial charge < -0.3 is 14.8 Å². The summed E-state index contributed by atoms with van der Waals surface area (Å²) in [5.74, 6) is -2.88. The Bertz CT molecular complexity index is 489. The molecule has 0 spiro atoms. The Labute approximate surface area is 112 Å². The molecule has 0 radical (unpaired) electrons. The first-order valence-electron chi connectivity index (χ1n) is 5.36. The van der Waals surface area contributed by atoms with Crippen LogP contribution in [0.15, 0.2) is 30.3 Å². The van der Waals surface area contributed by atoms with Crippen LogP contribution < -0.4 is 5.32 Å². The summed E-state index contributed by atoms with van der Waals surface area (Å²) in [5, 5.41) is 1.53. The molecule has 0 saturated carbocycles. The maximum absolute atomic E-state index is 13.0. The number of rotatable bonds is 4. The lowest BCUT2D eigenvalue weighted by Gasteiger charge is -2.31. The largest absolute Gasteiger partial charge is 0.465 e.